The molecule has 0 aliphatic carbocycles. The van der Waals surface area contributed by atoms with Crippen molar-refractivity contribution in [3.8, 4) is 11.3 Å². The van der Waals surface area contributed by atoms with Crippen LogP contribution in [0.3, 0.4) is 0 Å². The Morgan fingerprint density at radius 1 is 1.12 bits per heavy atom. The Kier molecular flexibility index (Phi) is 3.82. The van der Waals surface area contributed by atoms with E-state index in [9.17, 15) is 4.79 Å². The molecule has 2 nitrogen and oxygen atoms in total. The van der Waals surface area contributed by atoms with E-state index in [1.165, 1.54) is 0 Å². The Morgan fingerprint density at radius 2 is 1.88 bits per heavy atom. The highest BCUT2D eigenvalue weighted by atomic mass is 35.5. The number of nitrogens with one attached hydrogen (secondary N) is 1. The highest BCUT2D eigenvalue weighted by Crippen LogP contribution is 2.27. The molecule has 0 aliphatic heterocycles. The van der Waals surface area contributed by atoms with Crippen molar-refractivity contribution >= 4 is 35.8 Å². The van der Waals surface area contributed by atoms with Crippen molar-refractivity contribution in [2.24, 2.45) is 0 Å². The van der Waals surface area contributed by atoms with Crippen molar-refractivity contribution in [2.75, 3.05) is 0 Å². The quantitative estimate of drug-likeness (QED) is 0.809. The van der Waals surface area contributed by atoms with Gasteiger partial charge in [-0.15, -0.1) is 0 Å². The van der Waals surface area contributed by atoms with Gasteiger partial charge in [0.1, 0.15) is 0 Å². The summed E-state index contributed by atoms with van der Waals surface area (Å²) in [5.74, 6) is 0.414. The smallest absolute Gasteiger partial charge is 0.252 e. The molecule has 0 bridgehead atoms. The van der Waals surface area contributed by atoms with Crippen LogP contribution in [-0.4, -0.2) is 4.98 Å². The number of aromatic amines is 1. The van der Waals surface area contributed by atoms with Crippen LogP contribution in [0.4, 0.5) is 0 Å². The van der Waals surface area contributed by atoms with E-state index in [1.54, 1.807) is 24.3 Å². The third-order valence-corrected chi connectivity index (χ3v) is 3.47. The molecule has 1 aromatic heterocycles. The van der Waals surface area contributed by atoms with Gasteiger partial charge in [0.25, 0.3) is 5.56 Å². The lowest BCUT2D eigenvalue weighted by Gasteiger charge is -2.04. The average molecular weight is 286 g/mol. The number of pyridine rings is 1. The number of aromatic nitrogens is 1. The van der Waals surface area contributed by atoms with E-state index >= 15 is 0 Å². The van der Waals surface area contributed by atoms with E-state index in [4.69, 9.17) is 23.2 Å². The van der Waals surface area contributed by atoms with Gasteiger partial charge in [-0.1, -0.05) is 35.3 Å². The molecule has 1 heterocycles. The first kappa shape index (κ1) is 12.6. The van der Waals surface area contributed by atoms with Crippen LogP contribution in [0.1, 0.15) is 5.56 Å². The maximum atomic E-state index is 11.6. The molecule has 17 heavy (non-hydrogen) atoms. The molecule has 1 N–H and O–H groups in total. The number of hydrogen-bond donors (Lipinski definition) is 2. The van der Waals surface area contributed by atoms with Gasteiger partial charge in [-0.3, -0.25) is 4.79 Å². The summed E-state index contributed by atoms with van der Waals surface area (Å²) < 4.78 is 0. The van der Waals surface area contributed by atoms with Gasteiger partial charge in [-0.05, 0) is 23.8 Å². The first-order valence-corrected chi connectivity index (χ1v) is 6.29. The van der Waals surface area contributed by atoms with Crippen LogP contribution in [0.25, 0.3) is 11.3 Å². The maximum Gasteiger partial charge on any atom is 0.252 e. The zero-order valence-electron chi connectivity index (χ0n) is 8.71. The third kappa shape index (κ3) is 2.68. The molecule has 0 unspecified atom stereocenters. The molecule has 2 rings (SSSR count). The van der Waals surface area contributed by atoms with Gasteiger partial charge in [0.05, 0.1) is 10.0 Å². The minimum atomic E-state index is -0.136. The van der Waals surface area contributed by atoms with E-state index in [0.717, 1.165) is 5.56 Å². The first-order chi connectivity index (χ1) is 8.11. The van der Waals surface area contributed by atoms with Gasteiger partial charge in [-0.2, -0.15) is 12.6 Å². The molecule has 0 spiro atoms. The van der Waals surface area contributed by atoms with Crippen LogP contribution in [0.5, 0.6) is 0 Å². The summed E-state index contributed by atoms with van der Waals surface area (Å²) >= 11 is 15.8. The number of benzene rings is 1. The van der Waals surface area contributed by atoms with Crippen LogP contribution in [0.15, 0.2) is 35.1 Å². The Bertz CT molecular complexity index is 610. The number of halogens is 2. The predicted octanol–water partition coefficient (Wildman–Crippen LogP) is 3.78. The second-order valence-corrected chi connectivity index (χ2v) is 4.64. The van der Waals surface area contributed by atoms with E-state index in [1.807, 2.05) is 6.07 Å². The summed E-state index contributed by atoms with van der Waals surface area (Å²) in [6.07, 6.45) is 0. The van der Waals surface area contributed by atoms with Crippen molar-refractivity contribution in [3.63, 3.8) is 0 Å². The lowest BCUT2D eigenvalue weighted by molar-refractivity contribution is 1.17. The fourth-order valence-electron chi connectivity index (χ4n) is 1.46. The van der Waals surface area contributed by atoms with Crippen molar-refractivity contribution in [1.29, 1.82) is 0 Å². The van der Waals surface area contributed by atoms with Gasteiger partial charge in [-0.25, -0.2) is 0 Å². The molecule has 0 amide bonds. The Labute approximate surface area is 114 Å². The van der Waals surface area contributed by atoms with Crippen LogP contribution in [0, 0.1) is 0 Å². The summed E-state index contributed by atoms with van der Waals surface area (Å²) in [6, 6.07) is 8.80. The number of rotatable bonds is 2. The second kappa shape index (κ2) is 5.17. The summed E-state index contributed by atoms with van der Waals surface area (Å²) in [7, 11) is 0. The van der Waals surface area contributed by atoms with Crippen molar-refractivity contribution < 1.29 is 0 Å². The topological polar surface area (TPSA) is 32.9 Å². The Hall–Kier alpha value is -0.900. The fourth-order valence-corrected chi connectivity index (χ4v) is 2.01. The van der Waals surface area contributed by atoms with Gasteiger partial charge in [0, 0.05) is 17.0 Å². The van der Waals surface area contributed by atoms with E-state index in [2.05, 4.69) is 17.6 Å². The molecule has 0 fully saturated rings. The molecule has 88 valence electrons. The zero-order valence-corrected chi connectivity index (χ0v) is 11.1. The molecule has 0 radical (unpaired) electrons. The molecule has 0 aliphatic rings. The molecule has 0 saturated heterocycles. The monoisotopic (exact) mass is 285 g/mol. The van der Waals surface area contributed by atoms with Crippen molar-refractivity contribution in [3.05, 3.63) is 56.3 Å². The van der Waals surface area contributed by atoms with E-state index in [-0.39, 0.29) is 5.56 Å². The molecule has 2 aromatic rings. The lowest BCUT2D eigenvalue weighted by Crippen LogP contribution is -2.11. The fraction of sp³-hybridized carbons (Fsp3) is 0.0833. The molecule has 0 saturated carbocycles. The molecule has 0 atom stereocenters. The summed E-state index contributed by atoms with van der Waals surface area (Å²) in [4.78, 5) is 14.4. The third-order valence-electron chi connectivity index (χ3n) is 2.39. The summed E-state index contributed by atoms with van der Waals surface area (Å²) in [5, 5.41) is 0.952. The minimum Gasteiger partial charge on any atom is -0.322 e. The summed E-state index contributed by atoms with van der Waals surface area (Å²) in [5.41, 5.74) is 2.03. The molecular weight excluding hydrogens is 277 g/mol. The van der Waals surface area contributed by atoms with Crippen molar-refractivity contribution in [1.82, 2.24) is 4.98 Å². The largest absolute Gasteiger partial charge is 0.322 e. The predicted molar refractivity (Wildman–Crippen MR) is 75.2 cm³/mol. The van der Waals surface area contributed by atoms with E-state index in [0.29, 0.717) is 27.1 Å². The van der Waals surface area contributed by atoms with Crippen molar-refractivity contribution in [2.45, 2.75) is 5.75 Å². The summed E-state index contributed by atoms with van der Waals surface area (Å²) in [6.45, 7) is 0. The standard InChI is InChI=1S/C12H9Cl2NOS/c13-9-3-1-7(5-10(9)14)11-4-2-8(6-17)12(16)15-11/h1-5,17H,6H2,(H,15,16). The number of hydrogen-bond acceptors (Lipinski definition) is 2. The normalized spacial score (nSPS) is 10.5. The molecule has 1 aromatic carbocycles. The number of H-pyrrole nitrogens is 1. The maximum absolute atomic E-state index is 11.6. The minimum absolute atomic E-state index is 0.136. The van der Waals surface area contributed by atoms with E-state index < -0.39 is 0 Å². The second-order valence-electron chi connectivity index (χ2n) is 3.51. The van der Waals surface area contributed by atoms with Crippen LogP contribution in [0.2, 0.25) is 10.0 Å². The zero-order chi connectivity index (χ0) is 12.4. The van der Waals surface area contributed by atoms with Crippen LogP contribution < -0.4 is 5.56 Å². The molecular formula is C12H9Cl2NOS. The highest BCUT2D eigenvalue weighted by molar-refractivity contribution is 7.79. The number of thiol groups is 1. The van der Waals surface area contributed by atoms with Gasteiger partial charge >= 0.3 is 0 Å². The van der Waals surface area contributed by atoms with Crippen LogP contribution >= 0.6 is 35.8 Å². The van der Waals surface area contributed by atoms with Crippen LogP contribution in [-0.2, 0) is 5.75 Å². The van der Waals surface area contributed by atoms with Gasteiger partial charge in [0.15, 0.2) is 0 Å². The van der Waals surface area contributed by atoms with Gasteiger partial charge < -0.3 is 4.98 Å². The first-order valence-electron chi connectivity index (χ1n) is 4.90. The Morgan fingerprint density at radius 3 is 2.47 bits per heavy atom. The Balaban J connectivity index is 2.50. The van der Waals surface area contributed by atoms with Gasteiger partial charge in [0.2, 0.25) is 0 Å². The lowest BCUT2D eigenvalue weighted by atomic mass is 10.1. The highest BCUT2D eigenvalue weighted by Gasteiger charge is 2.04. The SMILES string of the molecule is O=c1[nH]c(-c2ccc(Cl)c(Cl)c2)ccc1CS. The average Bonchev–Trinajstić information content (AvgIpc) is 2.32. The molecule has 5 heteroatoms.